The second-order valence-corrected chi connectivity index (χ2v) is 8.37. The molecule has 1 unspecified atom stereocenters. The van der Waals surface area contributed by atoms with Gasteiger partial charge in [-0.1, -0.05) is 31.4 Å². The lowest BCUT2D eigenvalue weighted by Gasteiger charge is -2.26. The van der Waals surface area contributed by atoms with Crippen LogP contribution >= 0.6 is 0 Å². The fourth-order valence-electron chi connectivity index (χ4n) is 4.01. The third kappa shape index (κ3) is 7.87. The van der Waals surface area contributed by atoms with E-state index in [9.17, 15) is 9.90 Å². The van der Waals surface area contributed by atoms with Crippen LogP contribution in [0.4, 0.5) is 0 Å². The van der Waals surface area contributed by atoms with Gasteiger partial charge in [0.15, 0.2) is 6.61 Å². The molecule has 7 nitrogen and oxygen atoms in total. The van der Waals surface area contributed by atoms with E-state index in [2.05, 4.69) is 4.90 Å². The highest BCUT2D eigenvalue weighted by atomic mass is 16.5. The standard InChI is InChI=1S/C23H36N2O5/c1-24(16-20(26)17-29-21-5-3-2-4-6-21)15-19-7-9-22(10-8-19)30-18-23(27)25-11-13-28-14-12-25/h7-10,20-21,26H,2-6,11-18H2,1H3. The van der Waals surface area contributed by atoms with Gasteiger partial charge in [0.2, 0.25) is 0 Å². The predicted octanol–water partition coefficient (Wildman–Crippen LogP) is 2.07. The number of hydrogen-bond donors (Lipinski definition) is 1. The number of nitrogens with zero attached hydrogens (tertiary/aromatic N) is 2. The lowest BCUT2D eigenvalue weighted by Crippen LogP contribution is -2.42. The molecule has 0 aromatic heterocycles. The van der Waals surface area contributed by atoms with Crippen molar-refractivity contribution in [2.45, 2.75) is 50.9 Å². The van der Waals surface area contributed by atoms with Crippen molar-refractivity contribution in [3.63, 3.8) is 0 Å². The third-order valence-corrected chi connectivity index (χ3v) is 5.70. The van der Waals surface area contributed by atoms with Crippen LogP contribution in [0, 0.1) is 0 Å². The molecule has 1 aliphatic carbocycles. The predicted molar refractivity (Wildman–Crippen MR) is 115 cm³/mol. The molecular formula is C23H36N2O5. The number of benzene rings is 1. The molecule has 1 atom stereocenters. The highest BCUT2D eigenvalue weighted by molar-refractivity contribution is 5.77. The van der Waals surface area contributed by atoms with Crippen LogP contribution in [0.1, 0.15) is 37.7 Å². The number of aliphatic hydroxyl groups is 1. The number of morpholine rings is 1. The maximum Gasteiger partial charge on any atom is 0.260 e. The summed E-state index contributed by atoms with van der Waals surface area (Å²) in [5.41, 5.74) is 1.13. The number of hydrogen-bond acceptors (Lipinski definition) is 6. The van der Waals surface area contributed by atoms with Crippen LogP contribution in [-0.2, 0) is 20.8 Å². The van der Waals surface area contributed by atoms with Gasteiger partial charge in [0.1, 0.15) is 5.75 Å². The van der Waals surface area contributed by atoms with E-state index in [1.807, 2.05) is 31.3 Å². The van der Waals surface area contributed by atoms with Crippen molar-refractivity contribution < 1.29 is 24.1 Å². The van der Waals surface area contributed by atoms with Gasteiger partial charge in [0, 0.05) is 26.2 Å². The Morgan fingerprint density at radius 2 is 1.90 bits per heavy atom. The monoisotopic (exact) mass is 420 g/mol. The molecule has 1 aromatic rings. The number of ether oxygens (including phenoxy) is 3. The Hall–Kier alpha value is -1.67. The Morgan fingerprint density at radius 3 is 2.60 bits per heavy atom. The Labute approximate surface area is 179 Å². The minimum atomic E-state index is -0.481. The molecule has 168 valence electrons. The Kier molecular flexibility index (Phi) is 9.39. The first kappa shape index (κ1) is 23.0. The molecule has 3 rings (SSSR count). The first-order valence-electron chi connectivity index (χ1n) is 11.2. The van der Waals surface area contributed by atoms with Crippen molar-refractivity contribution in [3.8, 4) is 5.75 Å². The molecule has 1 saturated heterocycles. The summed E-state index contributed by atoms with van der Waals surface area (Å²) in [5.74, 6) is 0.676. The summed E-state index contributed by atoms with van der Waals surface area (Å²) in [6.07, 6.45) is 5.86. The topological polar surface area (TPSA) is 71.5 Å². The van der Waals surface area contributed by atoms with E-state index < -0.39 is 6.10 Å². The fourth-order valence-corrected chi connectivity index (χ4v) is 4.01. The summed E-state index contributed by atoms with van der Waals surface area (Å²) < 4.78 is 16.8. The van der Waals surface area contributed by atoms with Gasteiger partial charge in [-0.3, -0.25) is 9.69 Å². The SMILES string of the molecule is CN(Cc1ccc(OCC(=O)N2CCOCC2)cc1)CC(O)COC1CCCCC1. The van der Waals surface area contributed by atoms with Gasteiger partial charge in [0.25, 0.3) is 5.91 Å². The van der Waals surface area contributed by atoms with Crippen LogP contribution in [0.15, 0.2) is 24.3 Å². The molecular weight excluding hydrogens is 384 g/mol. The molecule has 2 fully saturated rings. The van der Waals surface area contributed by atoms with E-state index in [1.54, 1.807) is 4.90 Å². The molecule has 1 amide bonds. The number of likely N-dealkylation sites (N-methyl/N-ethyl adjacent to an activating group) is 1. The van der Waals surface area contributed by atoms with E-state index in [0.29, 0.717) is 51.3 Å². The number of amides is 1. The third-order valence-electron chi connectivity index (χ3n) is 5.70. The minimum absolute atomic E-state index is 0.00783. The van der Waals surface area contributed by atoms with Crippen molar-refractivity contribution in [1.82, 2.24) is 9.80 Å². The number of carbonyl (C=O) groups is 1. The zero-order valence-electron chi connectivity index (χ0n) is 18.1. The van der Waals surface area contributed by atoms with E-state index in [4.69, 9.17) is 14.2 Å². The number of carbonyl (C=O) groups excluding carboxylic acids is 1. The first-order chi connectivity index (χ1) is 14.6. The van der Waals surface area contributed by atoms with E-state index in [1.165, 1.54) is 19.3 Å². The Morgan fingerprint density at radius 1 is 1.20 bits per heavy atom. The Balaban J connectivity index is 1.34. The van der Waals surface area contributed by atoms with E-state index in [-0.39, 0.29) is 12.5 Å². The van der Waals surface area contributed by atoms with Crippen molar-refractivity contribution >= 4 is 5.91 Å². The van der Waals surface area contributed by atoms with Crippen LogP contribution < -0.4 is 4.74 Å². The van der Waals surface area contributed by atoms with Gasteiger partial charge >= 0.3 is 0 Å². The molecule has 7 heteroatoms. The highest BCUT2D eigenvalue weighted by Gasteiger charge is 2.18. The molecule has 0 bridgehead atoms. The lowest BCUT2D eigenvalue weighted by atomic mass is 9.98. The molecule has 1 aromatic carbocycles. The summed E-state index contributed by atoms with van der Waals surface area (Å²) >= 11 is 0. The Bertz CT molecular complexity index is 627. The van der Waals surface area contributed by atoms with Gasteiger partial charge in [-0.25, -0.2) is 0 Å². The number of aliphatic hydroxyl groups excluding tert-OH is 1. The zero-order valence-corrected chi connectivity index (χ0v) is 18.1. The van der Waals surface area contributed by atoms with Gasteiger partial charge in [0.05, 0.1) is 32.0 Å². The molecule has 30 heavy (non-hydrogen) atoms. The molecule has 1 aliphatic heterocycles. The quantitative estimate of drug-likeness (QED) is 0.625. The lowest BCUT2D eigenvalue weighted by molar-refractivity contribution is -0.137. The van der Waals surface area contributed by atoms with Gasteiger partial charge in [-0.2, -0.15) is 0 Å². The van der Waals surface area contributed by atoms with Crippen LogP contribution in [-0.4, -0.2) is 86.1 Å². The average Bonchev–Trinajstić information content (AvgIpc) is 2.78. The summed E-state index contributed by atoms with van der Waals surface area (Å²) in [5, 5.41) is 10.3. The van der Waals surface area contributed by atoms with E-state index >= 15 is 0 Å². The van der Waals surface area contributed by atoms with Crippen LogP contribution in [0.5, 0.6) is 5.75 Å². The van der Waals surface area contributed by atoms with Crippen molar-refractivity contribution in [2.24, 2.45) is 0 Å². The van der Waals surface area contributed by atoms with Crippen LogP contribution in [0.2, 0.25) is 0 Å². The second-order valence-electron chi connectivity index (χ2n) is 8.37. The summed E-state index contributed by atoms with van der Waals surface area (Å²) in [6, 6.07) is 7.77. The fraction of sp³-hybridized carbons (Fsp3) is 0.696. The number of rotatable bonds is 10. The molecule has 0 radical (unpaired) electrons. The maximum absolute atomic E-state index is 12.1. The van der Waals surface area contributed by atoms with Crippen molar-refractivity contribution in [1.29, 1.82) is 0 Å². The zero-order chi connectivity index (χ0) is 21.2. The second kappa shape index (κ2) is 12.2. The van der Waals surface area contributed by atoms with Gasteiger partial charge in [-0.05, 0) is 37.6 Å². The minimum Gasteiger partial charge on any atom is -0.484 e. The molecule has 1 heterocycles. The average molecular weight is 421 g/mol. The van der Waals surface area contributed by atoms with Crippen LogP contribution in [0.25, 0.3) is 0 Å². The van der Waals surface area contributed by atoms with Crippen molar-refractivity contribution in [2.75, 3.05) is 53.1 Å². The summed E-state index contributed by atoms with van der Waals surface area (Å²) in [4.78, 5) is 16.0. The first-order valence-corrected chi connectivity index (χ1v) is 11.2. The molecule has 1 saturated carbocycles. The van der Waals surface area contributed by atoms with E-state index in [0.717, 1.165) is 24.9 Å². The largest absolute Gasteiger partial charge is 0.484 e. The maximum atomic E-state index is 12.1. The van der Waals surface area contributed by atoms with Gasteiger partial charge in [-0.15, -0.1) is 0 Å². The molecule has 2 aliphatic rings. The molecule has 1 N–H and O–H groups in total. The molecule has 0 spiro atoms. The van der Waals surface area contributed by atoms with Gasteiger partial charge < -0.3 is 24.2 Å². The normalized spacial score (nSPS) is 19.1. The highest BCUT2D eigenvalue weighted by Crippen LogP contribution is 2.20. The summed E-state index contributed by atoms with van der Waals surface area (Å²) in [6.45, 7) is 4.19. The van der Waals surface area contributed by atoms with Crippen molar-refractivity contribution in [3.05, 3.63) is 29.8 Å². The summed E-state index contributed by atoms with van der Waals surface area (Å²) in [7, 11) is 2.00. The smallest absolute Gasteiger partial charge is 0.260 e. The van der Waals surface area contributed by atoms with Crippen LogP contribution in [0.3, 0.4) is 0 Å².